The number of anilines is 2. The highest BCUT2D eigenvalue weighted by Crippen LogP contribution is 2.46. The van der Waals surface area contributed by atoms with Gasteiger partial charge in [-0.05, 0) is 36.6 Å². The summed E-state index contributed by atoms with van der Waals surface area (Å²) >= 11 is 3.01. The van der Waals surface area contributed by atoms with E-state index < -0.39 is 0 Å². The molecule has 5 rings (SSSR count). The zero-order chi connectivity index (χ0) is 20.0. The normalized spacial score (nSPS) is 18.0. The summed E-state index contributed by atoms with van der Waals surface area (Å²) in [5.74, 6) is 0.524. The summed E-state index contributed by atoms with van der Waals surface area (Å²) in [4.78, 5) is 26.1. The number of amides is 1. The Morgan fingerprint density at radius 1 is 1.21 bits per heavy atom. The van der Waals surface area contributed by atoms with E-state index >= 15 is 0 Å². The molecule has 1 spiro atoms. The van der Waals surface area contributed by atoms with Gasteiger partial charge in [-0.15, -0.1) is 11.3 Å². The summed E-state index contributed by atoms with van der Waals surface area (Å²) in [5.41, 5.74) is 13.4. The first-order valence-electron chi connectivity index (χ1n) is 9.55. The number of pyridine rings is 1. The van der Waals surface area contributed by atoms with Crippen LogP contribution in [0, 0.1) is 0 Å². The Balaban J connectivity index is 1.39. The molecule has 1 amide bonds. The third-order valence-corrected chi connectivity index (χ3v) is 7.65. The van der Waals surface area contributed by atoms with Crippen LogP contribution >= 0.6 is 22.7 Å². The molecule has 2 aliphatic rings. The molecular weight excluding hydrogens is 406 g/mol. The predicted octanol–water partition coefficient (Wildman–Crippen LogP) is 3.14. The molecule has 1 fully saturated rings. The molecule has 0 aliphatic carbocycles. The first kappa shape index (κ1) is 18.5. The number of nitrogens with two attached hydrogens (primary N) is 2. The highest BCUT2D eigenvalue weighted by atomic mass is 32.1. The fourth-order valence-electron chi connectivity index (χ4n) is 4.16. The Bertz CT molecular complexity index is 1070. The maximum absolute atomic E-state index is 12.7. The van der Waals surface area contributed by atoms with Crippen molar-refractivity contribution in [1.29, 1.82) is 0 Å². The number of carbonyl (C=O) groups is 1. The molecular formula is C20H21N5O2S2. The van der Waals surface area contributed by atoms with Crippen molar-refractivity contribution in [3.63, 3.8) is 0 Å². The van der Waals surface area contributed by atoms with Crippen LogP contribution in [-0.4, -0.2) is 40.5 Å². The Labute approximate surface area is 176 Å². The number of hydrogen-bond donors (Lipinski definition) is 2. The van der Waals surface area contributed by atoms with Gasteiger partial charge in [0, 0.05) is 24.4 Å². The van der Waals surface area contributed by atoms with Crippen LogP contribution in [0.25, 0.3) is 10.6 Å². The van der Waals surface area contributed by atoms with Crippen LogP contribution in [-0.2, 0) is 16.8 Å². The number of rotatable bonds is 2. The van der Waals surface area contributed by atoms with E-state index in [4.69, 9.17) is 16.2 Å². The highest BCUT2D eigenvalue weighted by Gasteiger charge is 2.43. The van der Waals surface area contributed by atoms with Gasteiger partial charge >= 0.3 is 0 Å². The molecule has 0 radical (unpaired) electrons. The Morgan fingerprint density at radius 2 is 2.03 bits per heavy atom. The topological polar surface area (TPSA) is 107 Å². The van der Waals surface area contributed by atoms with Gasteiger partial charge in [-0.2, -0.15) is 0 Å². The second-order valence-corrected chi connectivity index (χ2v) is 9.54. The van der Waals surface area contributed by atoms with E-state index in [9.17, 15) is 4.79 Å². The molecule has 0 aromatic carbocycles. The van der Waals surface area contributed by atoms with Crippen molar-refractivity contribution in [2.75, 3.05) is 31.2 Å². The van der Waals surface area contributed by atoms with Crippen LogP contribution in [0.15, 0.2) is 30.5 Å². The summed E-state index contributed by atoms with van der Waals surface area (Å²) in [6.07, 6.45) is 4.03. The van der Waals surface area contributed by atoms with E-state index in [-0.39, 0.29) is 11.5 Å². The standard InChI is InChI=1S/C20H21N5O2S2/c21-17-3-1-2-13(24-17)15-10-12-14(28-15)4-9-27-20(12)5-7-25(8-6-20)18(26)16-11-23-19(22)29-16/h1-3,10-11H,4-9H2,(H2,21,24)(H2,22,23). The number of aromatic nitrogens is 2. The number of thiazole rings is 1. The van der Waals surface area contributed by atoms with Crippen molar-refractivity contribution in [1.82, 2.24) is 14.9 Å². The molecule has 0 bridgehead atoms. The summed E-state index contributed by atoms with van der Waals surface area (Å²) in [7, 11) is 0. The first-order chi connectivity index (χ1) is 14.0. The largest absolute Gasteiger partial charge is 0.384 e. The van der Waals surface area contributed by atoms with Gasteiger partial charge in [-0.25, -0.2) is 9.97 Å². The van der Waals surface area contributed by atoms with Gasteiger partial charge in [0.05, 0.1) is 29.0 Å². The minimum Gasteiger partial charge on any atom is -0.384 e. The predicted molar refractivity (Wildman–Crippen MR) is 115 cm³/mol. The van der Waals surface area contributed by atoms with Gasteiger partial charge in [0.2, 0.25) is 0 Å². The second kappa shape index (κ2) is 7.08. The monoisotopic (exact) mass is 427 g/mol. The van der Waals surface area contributed by atoms with Crippen LogP contribution in [0.1, 0.15) is 33.0 Å². The van der Waals surface area contributed by atoms with Crippen molar-refractivity contribution in [3.8, 4) is 10.6 Å². The lowest BCUT2D eigenvalue weighted by Crippen LogP contribution is -2.47. The third-order valence-electron chi connectivity index (χ3n) is 5.62. The Hall–Kier alpha value is -2.49. The average Bonchev–Trinajstić information content (AvgIpc) is 3.36. The van der Waals surface area contributed by atoms with Crippen LogP contribution in [0.2, 0.25) is 0 Å². The van der Waals surface area contributed by atoms with Gasteiger partial charge in [0.15, 0.2) is 5.13 Å². The first-order valence-corrected chi connectivity index (χ1v) is 11.2. The van der Waals surface area contributed by atoms with Gasteiger partial charge < -0.3 is 21.1 Å². The summed E-state index contributed by atoms with van der Waals surface area (Å²) < 4.78 is 6.34. The Kier molecular flexibility index (Phi) is 4.53. The molecule has 3 aromatic heterocycles. The lowest BCUT2D eigenvalue weighted by Gasteiger charge is -2.44. The van der Waals surface area contributed by atoms with Crippen LogP contribution in [0.4, 0.5) is 10.9 Å². The van der Waals surface area contributed by atoms with E-state index in [1.54, 1.807) is 23.6 Å². The molecule has 5 heterocycles. The molecule has 3 aromatic rings. The van der Waals surface area contributed by atoms with Crippen molar-refractivity contribution in [2.24, 2.45) is 0 Å². The van der Waals surface area contributed by atoms with E-state index in [0.717, 1.165) is 29.8 Å². The fraction of sp³-hybridized carbons (Fsp3) is 0.350. The van der Waals surface area contributed by atoms with Crippen LogP contribution < -0.4 is 11.5 Å². The third kappa shape index (κ3) is 3.29. The van der Waals surface area contributed by atoms with E-state index in [1.807, 2.05) is 17.0 Å². The van der Waals surface area contributed by atoms with Crippen molar-refractivity contribution >= 4 is 39.5 Å². The van der Waals surface area contributed by atoms with Gasteiger partial charge in [0.25, 0.3) is 5.91 Å². The number of fused-ring (bicyclic) bond motifs is 2. The lowest BCUT2D eigenvalue weighted by atomic mass is 9.82. The van der Waals surface area contributed by atoms with Crippen LogP contribution in [0.3, 0.4) is 0 Å². The molecule has 29 heavy (non-hydrogen) atoms. The molecule has 1 saturated heterocycles. The Morgan fingerprint density at radius 3 is 2.76 bits per heavy atom. The van der Waals surface area contributed by atoms with E-state index in [0.29, 0.717) is 35.5 Å². The maximum atomic E-state index is 12.7. The number of nitrogens with zero attached hydrogens (tertiary/aromatic N) is 3. The number of carbonyl (C=O) groups excluding carboxylic acids is 1. The molecule has 7 nitrogen and oxygen atoms in total. The molecule has 150 valence electrons. The smallest absolute Gasteiger partial charge is 0.265 e. The summed E-state index contributed by atoms with van der Waals surface area (Å²) in [6.45, 7) is 2.01. The van der Waals surface area contributed by atoms with Gasteiger partial charge in [0.1, 0.15) is 10.7 Å². The lowest BCUT2D eigenvalue weighted by molar-refractivity contribution is -0.0926. The van der Waals surface area contributed by atoms with Gasteiger partial charge in [-0.3, -0.25) is 4.79 Å². The number of thiophene rings is 1. The number of hydrogen-bond acceptors (Lipinski definition) is 8. The number of ether oxygens (including phenoxy) is 1. The zero-order valence-electron chi connectivity index (χ0n) is 15.8. The fourth-order valence-corrected chi connectivity index (χ4v) is 6.01. The minimum absolute atomic E-state index is 0.0000475. The molecule has 4 N–H and O–H groups in total. The van der Waals surface area contributed by atoms with Crippen molar-refractivity contribution in [2.45, 2.75) is 24.9 Å². The average molecular weight is 428 g/mol. The maximum Gasteiger partial charge on any atom is 0.265 e. The molecule has 9 heteroatoms. The molecule has 0 saturated carbocycles. The second-order valence-electron chi connectivity index (χ2n) is 7.34. The van der Waals surface area contributed by atoms with E-state index in [1.165, 1.54) is 21.8 Å². The minimum atomic E-state index is -0.327. The number of likely N-dealkylation sites (tertiary alicyclic amines) is 1. The molecule has 0 atom stereocenters. The van der Waals surface area contributed by atoms with E-state index in [2.05, 4.69) is 16.0 Å². The van der Waals surface area contributed by atoms with Crippen LogP contribution in [0.5, 0.6) is 0 Å². The quantitative estimate of drug-likeness (QED) is 0.651. The van der Waals surface area contributed by atoms with Gasteiger partial charge in [-0.1, -0.05) is 17.4 Å². The summed E-state index contributed by atoms with van der Waals surface area (Å²) in [6, 6.07) is 7.93. The van der Waals surface area contributed by atoms with Crippen molar-refractivity contribution < 1.29 is 9.53 Å². The number of piperidine rings is 1. The SMILES string of the molecule is Nc1cccc(-c2cc3c(s2)CCOC32CCN(C(=O)c3cnc(N)s3)CC2)n1. The molecule has 0 unspecified atom stereocenters. The summed E-state index contributed by atoms with van der Waals surface area (Å²) in [5, 5.41) is 0.419. The number of nitrogen functional groups attached to an aromatic ring is 2. The zero-order valence-corrected chi connectivity index (χ0v) is 17.4. The highest BCUT2D eigenvalue weighted by molar-refractivity contribution is 7.17. The molecule has 2 aliphatic heterocycles. The van der Waals surface area contributed by atoms with Crippen molar-refractivity contribution in [3.05, 3.63) is 45.8 Å².